The van der Waals surface area contributed by atoms with Crippen LogP contribution in [0.15, 0.2) is 57.2 Å². The number of amides is 1. The summed E-state index contributed by atoms with van der Waals surface area (Å²) >= 11 is 7.91. The summed E-state index contributed by atoms with van der Waals surface area (Å²) in [7, 11) is 7.12. The van der Waals surface area contributed by atoms with Gasteiger partial charge in [0.05, 0.1) is 11.8 Å². The van der Waals surface area contributed by atoms with Crippen molar-refractivity contribution in [2.24, 2.45) is 16.1 Å². The Kier molecular flexibility index (Phi) is 31.6. The maximum Gasteiger partial charge on any atom is 0.287 e. The van der Waals surface area contributed by atoms with Crippen LogP contribution in [0.1, 0.15) is 71.9 Å². The summed E-state index contributed by atoms with van der Waals surface area (Å²) in [6.45, 7) is 12.4. The number of ether oxygens (including phenoxy) is 1. The molecule has 1 rings (SSSR count). The van der Waals surface area contributed by atoms with Gasteiger partial charge in [-0.15, -0.1) is 4.91 Å². The number of nitrogens with zero attached hydrogens (tertiary/aromatic N) is 2. The molecule has 0 aliphatic heterocycles. The molecule has 1 aromatic rings. The minimum atomic E-state index is -0.585. The van der Waals surface area contributed by atoms with Crippen LogP contribution in [0.5, 0.6) is 0 Å². The normalized spacial score (nSPS) is 12.6. The summed E-state index contributed by atoms with van der Waals surface area (Å²) in [5, 5.41) is 13.7. The number of hydrogen-bond acceptors (Lipinski definition) is 7. The molecule has 0 heterocycles. The van der Waals surface area contributed by atoms with E-state index >= 15 is 0 Å². The summed E-state index contributed by atoms with van der Waals surface area (Å²) in [6, 6.07) is 7.80. The Labute approximate surface area is 253 Å². The maximum atomic E-state index is 10.7. The van der Waals surface area contributed by atoms with Gasteiger partial charge in [0.2, 0.25) is 0 Å². The van der Waals surface area contributed by atoms with E-state index in [1.54, 1.807) is 25.9 Å². The zero-order valence-corrected chi connectivity index (χ0v) is 27.9. The van der Waals surface area contributed by atoms with E-state index < -0.39 is 5.91 Å². The molecule has 1 amide bonds. The topological polar surface area (TPSA) is 104 Å². The van der Waals surface area contributed by atoms with E-state index in [1.165, 1.54) is 11.8 Å². The molecule has 0 saturated carbocycles. The summed E-state index contributed by atoms with van der Waals surface area (Å²) in [5.41, 5.74) is 3.52. The number of carbonyl (C=O) groups excluding carboxylic acids is 1. The van der Waals surface area contributed by atoms with Crippen molar-refractivity contribution in [3.8, 4) is 0 Å². The molecule has 0 saturated heterocycles. The fraction of sp³-hybridized carbons (Fsp3) is 0.581. The first kappa shape index (κ1) is 42.3. The van der Waals surface area contributed by atoms with E-state index in [9.17, 15) is 9.70 Å². The SMILES string of the molecule is C/C=C(\C(Cl)=C/C(C)CC)C(CC)OC.CC.CN=CC(=N)c1ccc(CCSCCC(=O)N=O)cc1.CNC. The number of hydrogen-bond donors (Lipinski definition) is 2. The number of methoxy groups -OCH3 is 1. The number of carbonyl (C=O) groups is 1. The van der Waals surface area contributed by atoms with Gasteiger partial charge in [0, 0.05) is 48.3 Å². The van der Waals surface area contributed by atoms with Gasteiger partial charge in [0.25, 0.3) is 5.91 Å². The number of nitrogens with one attached hydrogen (secondary N) is 2. The van der Waals surface area contributed by atoms with Crippen LogP contribution in [0.2, 0.25) is 0 Å². The molecule has 2 atom stereocenters. The number of aryl methyl sites for hydroxylation is 1. The summed E-state index contributed by atoms with van der Waals surface area (Å²) in [4.78, 5) is 24.4. The molecule has 7 nitrogen and oxygen atoms in total. The highest BCUT2D eigenvalue weighted by molar-refractivity contribution is 7.99. The second-order valence-corrected chi connectivity index (χ2v) is 10.0. The summed E-state index contributed by atoms with van der Waals surface area (Å²) in [6.07, 6.45) is 8.93. The van der Waals surface area contributed by atoms with Crippen molar-refractivity contribution in [3.63, 3.8) is 0 Å². The van der Waals surface area contributed by atoms with Crippen molar-refractivity contribution in [2.75, 3.05) is 39.8 Å². The van der Waals surface area contributed by atoms with Crippen molar-refractivity contribution >= 4 is 41.2 Å². The first-order chi connectivity index (χ1) is 19.2. The van der Waals surface area contributed by atoms with Crippen molar-refractivity contribution in [1.82, 2.24) is 5.32 Å². The summed E-state index contributed by atoms with van der Waals surface area (Å²) < 4.78 is 5.40. The van der Waals surface area contributed by atoms with E-state index in [4.69, 9.17) is 21.7 Å². The Bertz CT molecular complexity index is 883. The van der Waals surface area contributed by atoms with E-state index in [-0.39, 0.29) is 12.5 Å². The lowest BCUT2D eigenvalue weighted by Gasteiger charge is -2.17. The number of thioether (sulfide) groups is 1. The van der Waals surface area contributed by atoms with Gasteiger partial charge in [0.15, 0.2) is 0 Å². The van der Waals surface area contributed by atoms with Gasteiger partial charge < -0.3 is 10.1 Å². The number of aliphatic imine (C=N–C) groups is 1. The highest BCUT2D eigenvalue weighted by Gasteiger charge is 2.14. The van der Waals surface area contributed by atoms with Crippen molar-refractivity contribution in [1.29, 1.82) is 5.41 Å². The number of halogens is 1. The van der Waals surface area contributed by atoms with Crippen LogP contribution in [0.25, 0.3) is 0 Å². The highest BCUT2D eigenvalue weighted by Crippen LogP contribution is 2.24. The molecule has 1 aromatic carbocycles. The molecule has 0 radical (unpaired) electrons. The van der Waals surface area contributed by atoms with E-state index in [2.05, 4.69) is 42.3 Å². The zero-order valence-electron chi connectivity index (χ0n) is 26.3. The van der Waals surface area contributed by atoms with Crippen molar-refractivity contribution in [2.45, 2.75) is 73.3 Å². The number of allylic oxidation sites excluding steroid dienone is 2. The standard InChI is InChI=1S/C14H17N3O2S.C13H23ClO.C2H7N.C2H6/c1-16-10-13(15)12-4-2-11(3-5-12)6-8-20-9-7-14(18)17-19;1-6-10(4)9-12(14)11(7-2)13(8-3)15-5;1-3-2;1-2/h2-5,10,15H,6-9H2,1H3;7,9-10,13H,6,8H2,1-5H3;3H,1-2H3;1-2H3/b;11-7+,12-9+;;. The second-order valence-electron chi connectivity index (χ2n) is 8.37. The Morgan fingerprint density at radius 3 is 2.15 bits per heavy atom. The average molecular weight is 597 g/mol. The van der Waals surface area contributed by atoms with Gasteiger partial charge in [-0.2, -0.15) is 11.8 Å². The van der Waals surface area contributed by atoms with Crippen molar-refractivity contribution < 1.29 is 9.53 Å². The average Bonchev–Trinajstić information content (AvgIpc) is 2.97. The third-order valence-electron chi connectivity index (χ3n) is 5.28. The number of rotatable bonds is 14. The molecule has 0 bridgehead atoms. The van der Waals surface area contributed by atoms with Crippen LogP contribution in [-0.2, 0) is 16.0 Å². The fourth-order valence-corrected chi connectivity index (χ4v) is 4.36. The molecule has 0 aromatic heterocycles. The van der Waals surface area contributed by atoms with Crippen LogP contribution >= 0.6 is 23.4 Å². The van der Waals surface area contributed by atoms with Gasteiger partial charge >= 0.3 is 0 Å². The van der Waals surface area contributed by atoms with Crippen LogP contribution < -0.4 is 5.32 Å². The first-order valence-corrected chi connectivity index (χ1v) is 15.4. The molecule has 2 unspecified atom stereocenters. The summed E-state index contributed by atoms with van der Waals surface area (Å²) in [5.74, 6) is 1.44. The monoisotopic (exact) mass is 596 g/mol. The van der Waals surface area contributed by atoms with E-state index in [1.807, 2.05) is 65.2 Å². The van der Waals surface area contributed by atoms with Gasteiger partial charge in [-0.1, -0.05) is 89.1 Å². The molecule has 9 heteroatoms. The van der Waals surface area contributed by atoms with Crippen LogP contribution in [0.3, 0.4) is 0 Å². The Hall–Kier alpha value is -2.13. The highest BCUT2D eigenvalue weighted by atomic mass is 35.5. The molecule has 0 aliphatic rings. The lowest BCUT2D eigenvalue weighted by atomic mass is 10.0. The Balaban J connectivity index is -0.000000607. The molecule has 228 valence electrons. The molecular formula is C31H53ClN4O3S. The van der Waals surface area contributed by atoms with E-state index in [0.29, 0.717) is 17.4 Å². The van der Waals surface area contributed by atoms with Gasteiger partial charge in [-0.25, -0.2) is 0 Å². The molecular weight excluding hydrogens is 544 g/mol. The second kappa shape index (κ2) is 29.8. The lowest BCUT2D eigenvalue weighted by Crippen LogP contribution is -2.13. The first-order valence-electron chi connectivity index (χ1n) is 13.9. The molecule has 2 N–H and O–H groups in total. The van der Waals surface area contributed by atoms with Crippen molar-refractivity contribution in [3.05, 3.63) is 63.1 Å². The quantitative estimate of drug-likeness (QED) is 0.0977. The molecule has 40 heavy (non-hydrogen) atoms. The predicted molar refractivity (Wildman–Crippen MR) is 179 cm³/mol. The van der Waals surface area contributed by atoms with Crippen LogP contribution in [0, 0.1) is 16.2 Å². The number of benzene rings is 1. The fourth-order valence-electron chi connectivity index (χ4n) is 3.01. The molecule has 0 fully saturated rings. The molecule has 0 spiro atoms. The molecule has 0 aliphatic carbocycles. The lowest BCUT2D eigenvalue weighted by molar-refractivity contribution is -0.117. The Morgan fingerprint density at radius 2 is 1.73 bits per heavy atom. The smallest absolute Gasteiger partial charge is 0.287 e. The van der Waals surface area contributed by atoms with Gasteiger partial charge in [0.1, 0.15) is 0 Å². The van der Waals surface area contributed by atoms with Gasteiger partial charge in [-0.05, 0) is 56.7 Å². The number of nitroso groups, excluding NO2 is 1. The maximum absolute atomic E-state index is 10.7. The zero-order chi connectivity index (χ0) is 31.3. The van der Waals surface area contributed by atoms with Crippen LogP contribution in [-0.4, -0.2) is 63.7 Å². The largest absolute Gasteiger partial charge is 0.377 e. The van der Waals surface area contributed by atoms with E-state index in [0.717, 1.165) is 41.2 Å². The minimum Gasteiger partial charge on any atom is -0.377 e. The van der Waals surface area contributed by atoms with Crippen LogP contribution in [0.4, 0.5) is 0 Å². The predicted octanol–water partition coefficient (Wildman–Crippen LogP) is 8.10. The third-order valence-corrected chi connectivity index (χ3v) is 6.61. The minimum absolute atomic E-state index is 0.114. The van der Waals surface area contributed by atoms with Gasteiger partial charge in [-0.3, -0.25) is 15.2 Å². The third kappa shape index (κ3) is 21.7. The Morgan fingerprint density at radius 1 is 1.15 bits per heavy atom.